The zero-order valence-electron chi connectivity index (χ0n) is 8.77. The molecule has 0 aliphatic heterocycles. The number of hydrogen-bond acceptors (Lipinski definition) is 7. The highest BCUT2D eigenvalue weighted by Gasteiger charge is 2.08. The van der Waals surface area contributed by atoms with Crippen LogP contribution in [0.4, 0.5) is 0 Å². The zero-order chi connectivity index (χ0) is 12.0. The lowest BCUT2D eigenvalue weighted by atomic mass is 10.8. The predicted octanol–water partition coefficient (Wildman–Crippen LogP) is 1.19. The average molecular weight is 264 g/mol. The molecule has 0 atom stereocenters. The summed E-state index contributed by atoms with van der Waals surface area (Å²) in [6.45, 7) is 2.24. The van der Waals surface area contributed by atoms with Gasteiger partial charge in [0.2, 0.25) is 5.28 Å². The molecule has 0 fully saturated rings. The predicted molar refractivity (Wildman–Crippen MR) is 58.7 cm³/mol. The van der Waals surface area contributed by atoms with Crippen molar-refractivity contribution in [2.24, 2.45) is 0 Å². The maximum Gasteiger partial charge on any atom is 0.321 e. The van der Waals surface area contributed by atoms with Gasteiger partial charge in [0.05, 0.1) is 19.5 Å². The third kappa shape index (κ3) is 4.19. The number of carbonyl (C=O) groups excluding carboxylic acids is 1. The molecule has 1 aromatic rings. The molecule has 8 heteroatoms. The third-order valence-corrected chi connectivity index (χ3v) is 2.38. The summed E-state index contributed by atoms with van der Waals surface area (Å²) in [5.41, 5.74) is 0. The molecule has 0 saturated carbocycles. The highest BCUT2D eigenvalue weighted by atomic mass is 35.5. The Labute approximate surface area is 102 Å². The van der Waals surface area contributed by atoms with Crippen molar-refractivity contribution < 1.29 is 14.3 Å². The van der Waals surface area contributed by atoms with Crippen molar-refractivity contribution in [2.45, 2.75) is 12.1 Å². The van der Waals surface area contributed by atoms with Crippen LogP contribution >= 0.6 is 23.4 Å². The summed E-state index contributed by atoms with van der Waals surface area (Å²) in [5, 5.41) is 0.361. The van der Waals surface area contributed by atoms with Crippen LogP contribution in [0.3, 0.4) is 0 Å². The number of aromatic nitrogens is 3. The molecule has 0 aromatic carbocycles. The molecule has 0 unspecified atom stereocenters. The van der Waals surface area contributed by atoms with Crippen molar-refractivity contribution in [3.8, 4) is 6.01 Å². The normalized spacial score (nSPS) is 9.94. The van der Waals surface area contributed by atoms with Crippen LogP contribution in [0.25, 0.3) is 0 Å². The minimum absolute atomic E-state index is 0.0332. The number of carbonyl (C=O) groups is 1. The molecule has 0 aliphatic carbocycles. The molecule has 0 N–H and O–H groups in total. The SMILES string of the molecule is CCOc1nc(Cl)nc(SCC(=O)OC)n1. The second kappa shape index (κ2) is 6.49. The highest BCUT2D eigenvalue weighted by Crippen LogP contribution is 2.17. The second-order valence-corrected chi connectivity index (χ2v) is 3.75. The molecule has 0 aliphatic rings. The van der Waals surface area contributed by atoms with Crippen LogP contribution in [0.15, 0.2) is 5.16 Å². The number of ether oxygens (including phenoxy) is 2. The molecule has 6 nitrogen and oxygen atoms in total. The Balaban J connectivity index is 2.68. The Kier molecular flexibility index (Phi) is 5.27. The topological polar surface area (TPSA) is 74.2 Å². The van der Waals surface area contributed by atoms with Crippen LogP contribution < -0.4 is 4.74 Å². The van der Waals surface area contributed by atoms with Gasteiger partial charge >= 0.3 is 12.0 Å². The summed E-state index contributed by atoms with van der Waals surface area (Å²) in [6, 6.07) is 0.148. The van der Waals surface area contributed by atoms with E-state index in [-0.39, 0.29) is 23.0 Å². The maximum absolute atomic E-state index is 10.9. The molecular formula is C8H10ClN3O3S. The Morgan fingerprint density at radius 3 is 2.81 bits per heavy atom. The maximum atomic E-state index is 10.9. The Morgan fingerprint density at radius 1 is 1.44 bits per heavy atom. The van der Waals surface area contributed by atoms with Crippen LogP contribution in [0.5, 0.6) is 6.01 Å². The van der Waals surface area contributed by atoms with E-state index < -0.39 is 0 Å². The fourth-order valence-corrected chi connectivity index (χ4v) is 1.62. The van der Waals surface area contributed by atoms with Crippen LogP contribution in [-0.4, -0.2) is 40.4 Å². The smallest absolute Gasteiger partial charge is 0.321 e. The van der Waals surface area contributed by atoms with Crippen molar-refractivity contribution >= 4 is 29.3 Å². The summed E-state index contributed by atoms with van der Waals surface area (Å²) in [7, 11) is 1.31. The lowest BCUT2D eigenvalue weighted by molar-refractivity contribution is -0.137. The van der Waals surface area contributed by atoms with E-state index in [4.69, 9.17) is 16.3 Å². The molecule has 16 heavy (non-hydrogen) atoms. The standard InChI is InChI=1S/C8H10ClN3O3S/c1-3-15-7-10-6(9)11-8(12-7)16-4-5(13)14-2/h3-4H2,1-2H3. The van der Waals surface area contributed by atoms with Crippen molar-refractivity contribution in [3.05, 3.63) is 5.28 Å². The van der Waals surface area contributed by atoms with Crippen molar-refractivity contribution in [3.63, 3.8) is 0 Å². The Hall–Kier alpha value is -1.08. The molecule has 1 aromatic heterocycles. The molecule has 0 saturated heterocycles. The molecule has 88 valence electrons. The molecule has 1 rings (SSSR count). The molecule has 0 amide bonds. The van der Waals surface area contributed by atoms with Gasteiger partial charge in [-0.25, -0.2) is 0 Å². The fraction of sp³-hybridized carbons (Fsp3) is 0.500. The van der Waals surface area contributed by atoms with Crippen molar-refractivity contribution in [2.75, 3.05) is 19.5 Å². The van der Waals surface area contributed by atoms with Crippen molar-refractivity contribution in [1.82, 2.24) is 15.0 Å². The lowest BCUT2D eigenvalue weighted by Crippen LogP contribution is -2.05. The van der Waals surface area contributed by atoms with Gasteiger partial charge in [-0.2, -0.15) is 15.0 Å². The van der Waals surface area contributed by atoms with Crippen LogP contribution in [-0.2, 0) is 9.53 Å². The monoisotopic (exact) mass is 263 g/mol. The first-order valence-electron chi connectivity index (χ1n) is 4.39. The Morgan fingerprint density at radius 2 is 2.19 bits per heavy atom. The van der Waals surface area contributed by atoms with Crippen LogP contribution in [0.1, 0.15) is 6.92 Å². The number of methoxy groups -OCH3 is 1. The van der Waals surface area contributed by atoms with Gasteiger partial charge in [-0.05, 0) is 18.5 Å². The highest BCUT2D eigenvalue weighted by molar-refractivity contribution is 7.99. The molecule has 0 spiro atoms. The van der Waals surface area contributed by atoms with Crippen LogP contribution in [0.2, 0.25) is 5.28 Å². The number of nitrogens with zero attached hydrogens (tertiary/aromatic N) is 3. The van der Waals surface area contributed by atoms with Gasteiger partial charge in [0.15, 0.2) is 5.16 Å². The number of hydrogen-bond donors (Lipinski definition) is 0. The van der Waals surface area contributed by atoms with E-state index in [0.717, 1.165) is 11.8 Å². The van der Waals surface area contributed by atoms with Gasteiger partial charge in [0.25, 0.3) is 0 Å². The summed E-state index contributed by atoms with van der Waals surface area (Å²) in [4.78, 5) is 22.5. The molecular weight excluding hydrogens is 254 g/mol. The minimum Gasteiger partial charge on any atom is -0.468 e. The van der Waals surface area contributed by atoms with Gasteiger partial charge in [-0.15, -0.1) is 0 Å². The third-order valence-electron chi connectivity index (χ3n) is 1.39. The molecule has 0 radical (unpaired) electrons. The fourth-order valence-electron chi connectivity index (χ4n) is 0.755. The van der Waals surface area contributed by atoms with E-state index in [1.165, 1.54) is 7.11 Å². The van der Waals surface area contributed by atoms with E-state index in [1.54, 1.807) is 6.92 Å². The van der Waals surface area contributed by atoms with Gasteiger partial charge in [0, 0.05) is 0 Å². The summed E-state index contributed by atoms with van der Waals surface area (Å²) < 4.78 is 9.57. The zero-order valence-corrected chi connectivity index (χ0v) is 10.3. The quantitative estimate of drug-likeness (QED) is 0.583. The summed E-state index contributed by atoms with van der Waals surface area (Å²) in [5.74, 6) is -0.248. The van der Waals surface area contributed by atoms with E-state index in [2.05, 4.69) is 19.7 Å². The number of halogens is 1. The average Bonchev–Trinajstić information content (AvgIpc) is 2.25. The first-order chi connectivity index (χ1) is 7.65. The van der Waals surface area contributed by atoms with E-state index in [9.17, 15) is 4.79 Å². The minimum atomic E-state index is -0.362. The van der Waals surface area contributed by atoms with Gasteiger partial charge in [0.1, 0.15) is 0 Å². The number of thioether (sulfide) groups is 1. The lowest BCUT2D eigenvalue weighted by Gasteiger charge is -2.03. The van der Waals surface area contributed by atoms with Gasteiger partial charge in [-0.3, -0.25) is 4.79 Å². The second-order valence-electron chi connectivity index (χ2n) is 2.47. The van der Waals surface area contributed by atoms with Crippen molar-refractivity contribution in [1.29, 1.82) is 0 Å². The van der Waals surface area contributed by atoms with E-state index >= 15 is 0 Å². The first-order valence-corrected chi connectivity index (χ1v) is 5.76. The Bertz CT molecular complexity index is 378. The summed E-state index contributed by atoms with van der Waals surface area (Å²) >= 11 is 6.77. The van der Waals surface area contributed by atoms with Gasteiger partial charge < -0.3 is 9.47 Å². The van der Waals surface area contributed by atoms with E-state index in [1.807, 2.05) is 0 Å². The van der Waals surface area contributed by atoms with Gasteiger partial charge in [-0.1, -0.05) is 11.8 Å². The van der Waals surface area contributed by atoms with E-state index in [0.29, 0.717) is 11.8 Å². The summed E-state index contributed by atoms with van der Waals surface area (Å²) in [6.07, 6.45) is 0. The number of esters is 1. The molecule has 1 heterocycles. The molecule has 0 bridgehead atoms. The van der Waals surface area contributed by atoms with Crippen LogP contribution in [0, 0.1) is 0 Å². The largest absolute Gasteiger partial charge is 0.468 e. The number of rotatable bonds is 5. The first kappa shape index (κ1) is 13.0.